The van der Waals surface area contributed by atoms with Gasteiger partial charge in [0.15, 0.2) is 0 Å². The molecule has 0 aliphatic carbocycles. The monoisotopic (exact) mass is 337 g/mol. The van der Waals surface area contributed by atoms with Crippen molar-refractivity contribution in [2.45, 2.75) is 45.3 Å². The van der Waals surface area contributed by atoms with E-state index in [1.807, 2.05) is 12.1 Å². The molecule has 1 heterocycles. The summed E-state index contributed by atoms with van der Waals surface area (Å²) in [5, 5.41) is 12.4. The molecule has 1 unspecified atom stereocenters. The van der Waals surface area contributed by atoms with Crippen LogP contribution >= 0.6 is 0 Å². The maximum atomic E-state index is 13.7. The molecule has 0 amide bonds. The van der Waals surface area contributed by atoms with Gasteiger partial charge in [-0.25, -0.2) is 4.39 Å². The predicted octanol–water partition coefficient (Wildman–Crippen LogP) is 4.68. The van der Waals surface area contributed by atoms with E-state index < -0.39 is 5.82 Å². The third-order valence-corrected chi connectivity index (χ3v) is 5.03. The third-order valence-electron chi connectivity index (χ3n) is 5.03. The van der Waals surface area contributed by atoms with Crippen molar-refractivity contribution < 1.29 is 4.39 Å². The van der Waals surface area contributed by atoms with Crippen LogP contribution in [0.25, 0.3) is 0 Å². The molecule has 3 rings (SSSR count). The van der Waals surface area contributed by atoms with E-state index in [0.29, 0.717) is 18.3 Å². The van der Waals surface area contributed by atoms with Gasteiger partial charge in [-0.2, -0.15) is 5.26 Å². The Morgan fingerprint density at radius 2 is 1.96 bits per heavy atom. The smallest absolute Gasteiger partial charge is 0.143 e. The number of nitriles is 1. The number of likely N-dealkylation sites (tertiary alicyclic amines) is 1. The van der Waals surface area contributed by atoms with E-state index >= 15 is 0 Å². The maximum Gasteiger partial charge on any atom is 0.143 e. The average molecular weight is 337 g/mol. The molecule has 3 nitrogen and oxygen atoms in total. The highest BCUT2D eigenvalue weighted by molar-refractivity contribution is 5.58. The number of hydrogen-bond acceptors (Lipinski definition) is 3. The molecule has 0 saturated carbocycles. The normalized spacial score (nSPS) is 17.9. The van der Waals surface area contributed by atoms with Gasteiger partial charge in [0.2, 0.25) is 0 Å². The Morgan fingerprint density at radius 1 is 1.16 bits per heavy atom. The van der Waals surface area contributed by atoms with E-state index in [1.54, 1.807) is 12.1 Å². The summed E-state index contributed by atoms with van der Waals surface area (Å²) in [4.78, 5) is 2.53. The summed E-state index contributed by atoms with van der Waals surface area (Å²) in [7, 11) is 0. The van der Waals surface area contributed by atoms with Crippen molar-refractivity contribution in [3.63, 3.8) is 0 Å². The molecule has 1 aliphatic rings. The van der Waals surface area contributed by atoms with Gasteiger partial charge in [0, 0.05) is 19.1 Å². The Labute approximate surface area is 149 Å². The molecule has 1 fully saturated rings. The van der Waals surface area contributed by atoms with Crippen molar-refractivity contribution in [3.05, 3.63) is 65.0 Å². The molecule has 0 bridgehead atoms. The van der Waals surface area contributed by atoms with Crippen LogP contribution in [0.2, 0.25) is 0 Å². The van der Waals surface area contributed by atoms with Crippen molar-refractivity contribution >= 4 is 5.69 Å². The van der Waals surface area contributed by atoms with E-state index in [9.17, 15) is 4.39 Å². The van der Waals surface area contributed by atoms with Crippen molar-refractivity contribution in [1.29, 1.82) is 5.26 Å². The second-order valence-corrected chi connectivity index (χ2v) is 6.71. The minimum absolute atomic E-state index is 0.0737. The second kappa shape index (κ2) is 8.13. The van der Waals surface area contributed by atoms with Crippen LogP contribution in [0.15, 0.2) is 42.5 Å². The molecule has 0 spiro atoms. The number of rotatable bonds is 5. The fourth-order valence-electron chi connectivity index (χ4n) is 3.47. The van der Waals surface area contributed by atoms with Crippen LogP contribution in [0.5, 0.6) is 0 Å². The van der Waals surface area contributed by atoms with Crippen LogP contribution in [0.1, 0.15) is 42.9 Å². The van der Waals surface area contributed by atoms with Gasteiger partial charge in [-0.05, 0) is 49.6 Å². The summed E-state index contributed by atoms with van der Waals surface area (Å²) < 4.78 is 13.7. The van der Waals surface area contributed by atoms with Gasteiger partial charge in [-0.3, -0.25) is 4.90 Å². The topological polar surface area (TPSA) is 39.1 Å². The molecule has 0 aromatic heterocycles. The highest BCUT2D eigenvalue weighted by Crippen LogP contribution is 2.23. The Hall–Kier alpha value is -2.38. The zero-order valence-corrected chi connectivity index (χ0v) is 14.6. The standard InChI is InChI=1S/C21H24FN3/c1-16-7-4-5-12-25(16)15-18-9-3-2-8-17(18)14-24-21-11-6-10-20(22)19(21)13-23/h2-3,6,8-11,16,24H,4-5,7,12,14-15H2,1H3. The first-order valence-electron chi connectivity index (χ1n) is 8.92. The Bertz CT molecular complexity index is 766. The molecule has 2 aromatic carbocycles. The van der Waals surface area contributed by atoms with E-state index in [0.717, 1.165) is 13.1 Å². The zero-order chi connectivity index (χ0) is 17.6. The molecular formula is C21H24FN3. The quantitative estimate of drug-likeness (QED) is 0.861. The van der Waals surface area contributed by atoms with Crippen molar-refractivity contribution in [2.24, 2.45) is 0 Å². The number of anilines is 1. The third kappa shape index (κ3) is 4.18. The molecule has 130 valence electrons. The number of halogens is 1. The molecular weight excluding hydrogens is 313 g/mol. The van der Waals surface area contributed by atoms with Crippen LogP contribution < -0.4 is 5.32 Å². The van der Waals surface area contributed by atoms with Gasteiger partial charge in [-0.1, -0.05) is 36.8 Å². The van der Waals surface area contributed by atoms with Gasteiger partial charge in [0.25, 0.3) is 0 Å². The zero-order valence-electron chi connectivity index (χ0n) is 14.6. The van der Waals surface area contributed by atoms with E-state index in [2.05, 4.69) is 35.3 Å². The number of nitrogens with one attached hydrogen (secondary N) is 1. The lowest BCUT2D eigenvalue weighted by Gasteiger charge is -2.33. The highest BCUT2D eigenvalue weighted by atomic mass is 19.1. The molecule has 1 atom stereocenters. The van der Waals surface area contributed by atoms with Crippen molar-refractivity contribution in [2.75, 3.05) is 11.9 Å². The summed E-state index contributed by atoms with van der Waals surface area (Å²) >= 11 is 0. The first-order chi connectivity index (χ1) is 12.2. The molecule has 0 radical (unpaired) electrons. The summed E-state index contributed by atoms with van der Waals surface area (Å²) in [6.07, 6.45) is 3.84. The Morgan fingerprint density at radius 3 is 2.72 bits per heavy atom. The lowest BCUT2D eigenvalue weighted by atomic mass is 10.0. The fourth-order valence-corrected chi connectivity index (χ4v) is 3.47. The predicted molar refractivity (Wildman–Crippen MR) is 98.6 cm³/mol. The van der Waals surface area contributed by atoms with Crippen LogP contribution in [0, 0.1) is 17.1 Å². The van der Waals surface area contributed by atoms with Crippen molar-refractivity contribution in [3.8, 4) is 6.07 Å². The maximum absolute atomic E-state index is 13.7. The second-order valence-electron chi connectivity index (χ2n) is 6.71. The molecule has 1 aliphatic heterocycles. The van der Waals surface area contributed by atoms with Gasteiger partial charge >= 0.3 is 0 Å². The number of benzene rings is 2. The summed E-state index contributed by atoms with van der Waals surface area (Å²) in [6.45, 7) is 4.96. The lowest BCUT2D eigenvalue weighted by molar-refractivity contribution is 0.152. The first-order valence-corrected chi connectivity index (χ1v) is 8.92. The van der Waals surface area contributed by atoms with Crippen LogP contribution in [0.3, 0.4) is 0 Å². The molecule has 2 aromatic rings. The number of piperidine rings is 1. The lowest BCUT2D eigenvalue weighted by Crippen LogP contribution is -2.37. The van der Waals surface area contributed by atoms with Gasteiger partial charge in [-0.15, -0.1) is 0 Å². The fraction of sp³-hybridized carbons (Fsp3) is 0.381. The van der Waals surface area contributed by atoms with E-state index in [-0.39, 0.29) is 5.56 Å². The molecule has 1 N–H and O–H groups in total. The first kappa shape index (κ1) is 17.4. The SMILES string of the molecule is CC1CCCCN1Cc1ccccc1CNc1cccc(F)c1C#N. The van der Waals surface area contributed by atoms with Crippen molar-refractivity contribution in [1.82, 2.24) is 4.90 Å². The number of hydrogen-bond donors (Lipinski definition) is 1. The molecule has 1 saturated heterocycles. The van der Waals surface area contributed by atoms with E-state index in [4.69, 9.17) is 5.26 Å². The average Bonchev–Trinajstić information content (AvgIpc) is 2.63. The van der Waals surface area contributed by atoms with Crippen LogP contribution in [-0.2, 0) is 13.1 Å². The van der Waals surface area contributed by atoms with Crippen LogP contribution in [-0.4, -0.2) is 17.5 Å². The Balaban J connectivity index is 1.73. The largest absolute Gasteiger partial charge is 0.380 e. The van der Waals surface area contributed by atoms with Gasteiger partial charge in [0.1, 0.15) is 17.4 Å². The van der Waals surface area contributed by atoms with Crippen LogP contribution in [0.4, 0.5) is 10.1 Å². The summed E-state index contributed by atoms with van der Waals surface area (Å²) in [5.74, 6) is -0.483. The molecule has 25 heavy (non-hydrogen) atoms. The van der Waals surface area contributed by atoms with Gasteiger partial charge < -0.3 is 5.32 Å². The summed E-state index contributed by atoms with van der Waals surface area (Å²) in [6, 6.07) is 15.6. The number of nitrogens with zero attached hydrogens (tertiary/aromatic N) is 2. The minimum Gasteiger partial charge on any atom is -0.380 e. The highest BCUT2D eigenvalue weighted by Gasteiger charge is 2.19. The van der Waals surface area contributed by atoms with E-state index in [1.165, 1.54) is 36.5 Å². The molecule has 4 heteroatoms. The Kier molecular flexibility index (Phi) is 5.67. The minimum atomic E-state index is -0.483. The summed E-state index contributed by atoms with van der Waals surface area (Å²) in [5.41, 5.74) is 3.10. The van der Waals surface area contributed by atoms with Gasteiger partial charge in [0.05, 0.1) is 5.69 Å².